The predicted octanol–water partition coefficient (Wildman–Crippen LogP) is 1.54. The van der Waals surface area contributed by atoms with E-state index in [4.69, 9.17) is 5.73 Å². The van der Waals surface area contributed by atoms with Crippen LogP contribution in [0.25, 0.3) is 11.4 Å². The van der Waals surface area contributed by atoms with E-state index in [0.29, 0.717) is 24.2 Å². The molecule has 1 fully saturated rings. The number of hydrogen-bond donors (Lipinski definition) is 3. The molecule has 1 saturated carbocycles. The van der Waals surface area contributed by atoms with Gasteiger partial charge < -0.3 is 16.0 Å². The molecule has 27 heavy (non-hydrogen) atoms. The van der Waals surface area contributed by atoms with E-state index in [1.807, 2.05) is 37.2 Å². The van der Waals surface area contributed by atoms with Crippen LogP contribution < -0.4 is 16.0 Å². The first-order valence-electron chi connectivity index (χ1n) is 8.96. The fourth-order valence-corrected chi connectivity index (χ4v) is 3.03. The topological polar surface area (TPSA) is 122 Å². The van der Waals surface area contributed by atoms with Gasteiger partial charge >= 0.3 is 0 Å². The Hall–Kier alpha value is -3.07. The molecule has 3 aromatic rings. The predicted molar refractivity (Wildman–Crippen MR) is 103 cm³/mol. The van der Waals surface area contributed by atoms with E-state index in [1.165, 1.54) is 0 Å². The second-order valence-electron chi connectivity index (χ2n) is 7.00. The lowest BCUT2D eigenvalue weighted by Crippen LogP contribution is -2.35. The molecular formula is C18H23N9. The SMILES string of the molecule is CN(C)c1nc(NCc2nc(-c3ccncc3)n[nH]2)cc(C2CC(N)C2)n1. The molecule has 0 unspecified atom stereocenters. The number of hydrogen-bond acceptors (Lipinski definition) is 8. The maximum atomic E-state index is 5.93. The van der Waals surface area contributed by atoms with Crippen LogP contribution in [0.4, 0.5) is 11.8 Å². The highest BCUT2D eigenvalue weighted by atomic mass is 15.3. The average Bonchev–Trinajstić information content (AvgIpc) is 3.13. The summed E-state index contributed by atoms with van der Waals surface area (Å²) in [7, 11) is 3.87. The van der Waals surface area contributed by atoms with Crippen molar-refractivity contribution < 1.29 is 0 Å². The summed E-state index contributed by atoms with van der Waals surface area (Å²) < 4.78 is 0. The second kappa shape index (κ2) is 7.28. The first kappa shape index (κ1) is 17.3. The summed E-state index contributed by atoms with van der Waals surface area (Å²) in [5.41, 5.74) is 7.89. The number of nitrogens with zero attached hydrogens (tertiary/aromatic N) is 6. The summed E-state index contributed by atoms with van der Waals surface area (Å²) >= 11 is 0. The van der Waals surface area contributed by atoms with Gasteiger partial charge in [0.15, 0.2) is 5.82 Å². The van der Waals surface area contributed by atoms with Crippen molar-refractivity contribution in [2.24, 2.45) is 5.73 Å². The van der Waals surface area contributed by atoms with Crippen LogP contribution in [0.5, 0.6) is 0 Å². The number of H-pyrrole nitrogens is 1. The maximum Gasteiger partial charge on any atom is 0.227 e. The molecule has 1 aliphatic rings. The maximum absolute atomic E-state index is 5.93. The van der Waals surface area contributed by atoms with Gasteiger partial charge in [0.1, 0.15) is 11.6 Å². The van der Waals surface area contributed by atoms with E-state index in [0.717, 1.165) is 35.7 Å². The molecule has 0 saturated heterocycles. The summed E-state index contributed by atoms with van der Waals surface area (Å²) in [6.07, 6.45) is 5.39. The van der Waals surface area contributed by atoms with Crippen molar-refractivity contribution in [2.75, 3.05) is 24.3 Å². The van der Waals surface area contributed by atoms with E-state index < -0.39 is 0 Å². The molecule has 0 spiro atoms. The molecule has 4 N–H and O–H groups in total. The normalized spacial score (nSPS) is 18.8. The van der Waals surface area contributed by atoms with Gasteiger partial charge in [0.25, 0.3) is 0 Å². The fraction of sp³-hybridized carbons (Fsp3) is 0.389. The number of pyridine rings is 1. The number of anilines is 2. The summed E-state index contributed by atoms with van der Waals surface area (Å²) in [5.74, 6) is 3.25. The van der Waals surface area contributed by atoms with Crippen LogP contribution in [0.3, 0.4) is 0 Å². The van der Waals surface area contributed by atoms with E-state index in [9.17, 15) is 0 Å². The fourth-order valence-electron chi connectivity index (χ4n) is 3.03. The van der Waals surface area contributed by atoms with Gasteiger partial charge in [0.2, 0.25) is 5.95 Å². The van der Waals surface area contributed by atoms with Crippen molar-refractivity contribution in [3.05, 3.63) is 42.1 Å². The van der Waals surface area contributed by atoms with Gasteiger partial charge in [-0.2, -0.15) is 10.1 Å². The monoisotopic (exact) mass is 365 g/mol. The molecule has 140 valence electrons. The van der Waals surface area contributed by atoms with E-state index >= 15 is 0 Å². The van der Waals surface area contributed by atoms with Gasteiger partial charge in [-0.05, 0) is 25.0 Å². The van der Waals surface area contributed by atoms with E-state index in [2.05, 4.69) is 35.5 Å². The third kappa shape index (κ3) is 3.87. The zero-order valence-electron chi connectivity index (χ0n) is 15.4. The lowest BCUT2D eigenvalue weighted by atomic mass is 9.78. The first-order chi connectivity index (χ1) is 13.1. The van der Waals surface area contributed by atoms with Crippen LogP contribution in [-0.2, 0) is 6.54 Å². The molecule has 0 aromatic carbocycles. The van der Waals surface area contributed by atoms with Crippen molar-refractivity contribution in [1.29, 1.82) is 0 Å². The second-order valence-corrected chi connectivity index (χ2v) is 7.00. The third-order valence-corrected chi connectivity index (χ3v) is 4.63. The Bertz CT molecular complexity index is 900. The molecule has 9 nitrogen and oxygen atoms in total. The number of nitrogens with two attached hydrogens (primary N) is 1. The lowest BCUT2D eigenvalue weighted by Gasteiger charge is -2.32. The number of rotatable bonds is 6. The molecule has 3 aromatic heterocycles. The summed E-state index contributed by atoms with van der Waals surface area (Å²) in [6, 6.07) is 6.04. The molecule has 0 bridgehead atoms. The zero-order chi connectivity index (χ0) is 18.8. The first-order valence-corrected chi connectivity index (χ1v) is 8.96. The molecule has 4 rings (SSSR count). The van der Waals surface area contributed by atoms with Crippen LogP contribution in [-0.4, -0.2) is 50.3 Å². The van der Waals surface area contributed by atoms with E-state index in [1.54, 1.807) is 12.4 Å². The minimum atomic E-state index is 0.282. The van der Waals surface area contributed by atoms with Gasteiger partial charge in [0, 0.05) is 50.1 Å². The minimum Gasteiger partial charge on any atom is -0.363 e. The minimum absolute atomic E-state index is 0.282. The molecule has 0 aliphatic heterocycles. The Balaban J connectivity index is 1.48. The van der Waals surface area contributed by atoms with Crippen LogP contribution in [0.2, 0.25) is 0 Å². The van der Waals surface area contributed by atoms with Crippen LogP contribution in [0.15, 0.2) is 30.6 Å². The molecule has 3 heterocycles. The number of aromatic amines is 1. The molecule has 0 radical (unpaired) electrons. The van der Waals surface area contributed by atoms with Crippen molar-refractivity contribution >= 4 is 11.8 Å². The van der Waals surface area contributed by atoms with Gasteiger partial charge in [-0.25, -0.2) is 9.97 Å². The highest BCUT2D eigenvalue weighted by molar-refractivity contribution is 5.53. The largest absolute Gasteiger partial charge is 0.363 e. The average molecular weight is 365 g/mol. The van der Waals surface area contributed by atoms with Gasteiger partial charge in [-0.3, -0.25) is 10.1 Å². The summed E-state index contributed by atoms with van der Waals surface area (Å²) in [6.45, 7) is 0.492. The van der Waals surface area contributed by atoms with E-state index in [-0.39, 0.29) is 6.04 Å². The van der Waals surface area contributed by atoms with Crippen LogP contribution in [0.1, 0.15) is 30.3 Å². The van der Waals surface area contributed by atoms with Gasteiger partial charge in [0.05, 0.1) is 12.2 Å². The quantitative estimate of drug-likeness (QED) is 0.601. The van der Waals surface area contributed by atoms with Crippen molar-refractivity contribution in [2.45, 2.75) is 31.3 Å². The Morgan fingerprint density at radius 1 is 1.19 bits per heavy atom. The highest BCUT2D eigenvalue weighted by Crippen LogP contribution is 2.35. The summed E-state index contributed by atoms with van der Waals surface area (Å²) in [4.78, 5) is 19.7. The van der Waals surface area contributed by atoms with Gasteiger partial charge in [-0.1, -0.05) is 0 Å². The molecule has 0 amide bonds. The molecule has 0 atom stereocenters. The summed E-state index contributed by atoms with van der Waals surface area (Å²) in [5, 5.41) is 10.5. The van der Waals surface area contributed by atoms with Gasteiger partial charge in [-0.15, -0.1) is 0 Å². The van der Waals surface area contributed by atoms with Crippen molar-refractivity contribution in [3.63, 3.8) is 0 Å². The molecule has 1 aliphatic carbocycles. The molecular weight excluding hydrogens is 342 g/mol. The third-order valence-electron chi connectivity index (χ3n) is 4.63. The van der Waals surface area contributed by atoms with Crippen LogP contribution >= 0.6 is 0 Å². The highest BCUT2D eigenvalue weighted by Gasteiger charge is 2.29. The zero-order valence-corrected chi connectivity index (χ0v) is 15.4. The van der Waals surface area contributed by atoms with Crippen molar-refractivity contribution in [1.82, 2.24) is 30.1 Å². The Kier molecular flexibility index (Phi) is 4.68. The van der Waals surface area contributed by atoms with Crippen molar-refractivity contribution in [3.8, 4) is 11.4 Å². The number of nitrogens with one attached hydrogen (secondary N) is 2. The Morgan fingerprint density at radius 3 is 2.67 bits per heavy atom. The standard InChI is InChI=1S/C18H23N9/c1-27(2)18-22-14(12-7-13(19)8-12)9-15(24-18)21-10-16-23-17(26-25-16)11-3-5-20-6-4-11/h3-6,9,12-13H,7-8,10,19H2,1-2H3,(H,21,22,24)(H,23,25,26). The Morgan fingerprint density at radius 2 is 1.96 bits per heavy atom. The molecule has 9 heteroatoms. The lowest BCUT2D eigenvalue weighted by molar-refractivity contribution is 0.345. The van der Waals surface area contributed by atoms with Crippen LogP contribution in [0, 0.1) is 0 Å². The Labute approximate surface area is 157 Å². The number of aromatic nitrogens is 6. The smallest absolute Gasteiger partial charge is 0.227 e.